The van der Waals surface area contributed by atoms with Gasteiger partial charge in [-0.2, -0.15) is 0 Å². The molecule has 0 fully saturated rings. The third kappa shape index (κ3) is 5.48. The Hall–Kier alpha value is -3.39. The van der Waals surface area contributed by atoms with Gasteiger partial charge in [0.15, 0.2) is 0 Å². The standard InChI is InChI=1S/C27H25ClFN3O3/c1-16(22-7-2-3-12-30-22)26(24(34)15-33)32-27(35)20-5-4-6-21(28)25(20)23-13-18(14-31-23)17-8-10-19(29)11-9-17/h2-13,16,24,26,33-34H,14-15H2,1H3,(H,32,35)/t16?,24-,26-/m1/s1. The summed E-state index contributed by atoms with van der Waals surface area (Å²) in [4.78, 5) is 22.3. The highest BCUT2D eigenvalue weighted by molar-refractivity contribution is 6.37. The minimum Gasteiger partial charge on any atom is -0.394 e. The Kier molecular flexibility index (Phi) is 7.70. The SMILES string of the molecule is CC(c1ccccn1)[C@@H](NC(=O)c1cccc(Cl)c1C1=NCC(c2ccc(F)cc2)=C1)[C@H](O)CO. The van der Waals surface area contributed by atoms with Gasteiger partial charge in [-0.05, 0) is 53.6 Å². The molecule has 0 radical (unpaired) electrons. The quantitative estimate of drug-likeness (QED) is 0.442. The van der Waals surface area contributed by atoms with Crippen molar-refractivity contribution in [1.82, 2.24) is 10.3 Å². The number of benzene rings is 2. The van der Waals surface area contributed by atoms with Crippen molar-refractivity contribution < 1.29 is 19.4 Å². The van der Waals surface area contributed by atoms with Crippen LogP contribution in [0.2, 0.25) is 5.02 Å². The summed E-state index contributed by atoms with van der Waals surface area (Å²) in [5.74, 6) is -1.16. The maximum atomic E-state index is 13.4. The topological polar surface area (TPSA) is 94.8 Å². The van der Waals surface area contributed by atoms with Crippen molar-refractivity contribution in [3.63, 3.8) is 0 Å². The molecule has 35 heavy (non-hydrogen) atoms. The molecule has 8 heteroatoms. The van der Waals surface area contributed by atoms with Crippen LogP contribution in [0.15, 0.2) is 77.9 Å². The van der Waals surface area contributed by atoms with Crippen molar-refractivity contribution in [1.29, 1.82) is 0 Å². The van der Waals surface area contributed by atoms with Crippen molar-refractivity contribution in [3.8, 4) is 0 Å². The Balaban J connectivity index is 1.63. The Labute approximate surface area is 207 Å². The summed E-state index contributed by atoms with van der Waals surface area (Å²) in [6.07, 6.45) is 2.27. The van der Waals surface area contributed by atoms with Gasteiger partial charge in [-0.25, -0.2) is 4.39 Å². The van der Waals surface area contributed by atoms with E-state index in [2.05, 4.69) is 15.3 Å². The number of aliphatic hydroxyl groups excluding tert-OH is 2. The Morgan fingerprint density at radius 1 is 1.14 bits per heavy atom. The van der Waals surface area contributed by atoms with Gasteiger partial charge in [-0.15, -0.1) is 0 Å². The van der Waals surface area contributed by atoms with Gasteiger partial charge in [0.05, 0.1) is 41.6 Å². The van der Waals surface area contributed by atoms with Crippen molar-refractivity contribution in [3.05, 3.63) is 106 Å². The Bertz CT molecular complexity index is 1260. The monoisotopic (exact) mass is 493 g/mol. The Morgan fingerprint density at radius 2 is 1.91 bits per heavy atom. The molecule has 1 unspecified atom stereocenters. The van der Waals surface area contributed by atoms with Gasteiger partial charge < -0.3 is 15.5 Å². The third-order valence-corrected chi connectivity index (χ3v) is 6.37. The lowest BCUT2D eigenvalue weighted by Crippen LogP contribution is -2.48. The highest BCUT2D eigenvalue weighted by atomic mass is 35.5. The molecule has 1 aromatic heterocycles. The fraction of sp³-hybridized carbons (Fsp3) is 0.222. The highest BCUT2D eigenvalue weighted by Crippen LogP contribution is 2.28. The number of nitrogens with one attached hydrogen (secondary N) is 1. The lowest BCUT2D eigenvalue weighted by molar-refractivity contribution is 0.0504. The number of hydrogen-bond donors (Lipinski definition) is 3. The van der Waals surface area contributed by atoms with Crippen LogP contribution in [0.3, 0.4) is 0 Å². The summed E-state index contributed by atoms with van der Waals surface area (Å²) in [5.41, 5.74) is 3.67. The third-order valence-electron chi connectivity index (χ3n) is 6.05. The first-order valence-electron chi connectivity index (χ1n) is 11.2. The maximum absolute atomic E-state index is 13.4. The van der Waals surface area contributed by atoms with Gasteiger partial charge in [-0.1, -0.05) is 42.8 Å². The zero-order valence-corrected chi connectivity index (χ0v) is 19.8. The lowest BCUT2D eigenvalue weighted by atomic mass is 9.92. The zero-order valence-electron chi connectivity index (χ0n) is 19.0. The van der Waals surface area contributed by atoms with Crippen LogP contribution >= 0.6 is 11.6 Å². The predicted molar refractivity (Wildman–Crippen MR) is 134 cm³/mol. The molecule has 3 N–H and O–H groups in total. The summed E-state index contributed by atoms with van der Waals surface area (Å²) in [6.45, 7) is 1.67. The molecule has 2 aromatic carbocycles. The summed E-state index contributed by atoms with van der Waals surface area (Å²) >= 11 is 6.51. The van der Waals surface area contributed by atoms with E-state index in [0.717, 1.165) is 11.1 Å². The molecule has 3 atom stereocenters. The van der Waals surface area contributed by atoms with E-state index in [4.69, 9.17) is 11.6 Å². The molecule has 1 aliphatic rings. The van der Waals surface area contributed by atoms with Crippen LogP contribution in [0.1, 0.15) is 40.0 Å². The first kappa shape index (κ1) is 24.7. The number of halogens is 2. The summed E-state index contributed by atoms with van der Waals surface area (Å²) in [5, 5.41) is 23.3. The smallest absolute Gasteiger partial charge is 0.252 e. The molecule has 180 valence electrons. The van der Waals surface area contributed by atoms with E-state index >= 15 is 0 Å². The molecule has 0 bridgehead atoms. The van der Waals surface area contributed by atoms with Crippen LogP contribution in [0.4, 0.5) is 4.39 Å². The number of hydrogen-bond acceptors (Lipinski definition) is 5. The van der Waals surface area contributed by atoms with Crippen molar-refractivity contribution in [2.45, 2.75) is 25.0 Å². The van der Waals surface area contributed by atoms with Gasteiger partial charge in [0.25, 0.3) is 5.91 Å². The fourth-order valence-electron chi connectivity index (χ4n) is 4.12. The van der Waals surface area contributed by atoms with Gasteiger partial charge in [-0.3, -0.25) is 14.8 Å². The van der Waals surface area contributed by atoms with Crippen molar-refractivity contribution in [2.75, 3.05) is 13.2 Å². The fourth-order valence-corrected chi connectivity index (χ4v) is 4.39. The van der Waals surface area contributed by atoms with E-state index in [9.17, 15) is 19.4 Å². The summed E-state index contributed by atoms with van der Waals surface area (Å²) in [7, 11) is 0. The van der Waals surface area contributed by atoms with Crippen LogP contribution in [0, 0.1) is 5.82 Å². The van der Waals surface area contributed by atoms with Crippen LogP contribution < -0.4 is 5.32 Å². The lowest BCUT2D eigenvalue weighted by Gasteiger charge is -2.28. The molecule has 6 nitrogen and oxygen atoms in total. The molecule has 1 aliphatic heterocycles. The highest BCUT2D eigenvalue weighted by Gasteiger charge is 2.30. The largest absolute Gasteiger partial charge is 0.394 e. The van der Waals surface area contributed by atoms with Gasteiger partial charge >= 0.3 is 0 Å². The number of allylic oxidation sites excluding steroid dienone is 1. The minimum absolute atomic E-state index is 0.288. The molecular weight excluding hydrogens is 469 g/mol. The number of pyridine rings is 1. The van der Waals surface area contributed by atoms with Gasteiger partial charge in [0.1, 0.15) is 5.82 Å². The van der Waals surface area contributed by atoms with E-state index in [1.54, 1.807) is 48.7 Å². The van der Waals surface area contributed by atoms with E-state index in [1.807, 2.05) is 19.1 Å². The second kappa shape index (κ2) is 10.9. The molecule has 0 aliphatic carbocycles. The first-order chi connectivity index (χ1) is 16.9. The molecule has 0 saturated heterocycles. The summed E-state index contributed by atoms with van der Waals surface area (Å²) in [6, 6.07) is 15.7. The number of carbonyl (C=O) groups excluding carboxylic acids is 1. The van der Waals surface area contributed by atoms with Crippen LogP contribution in [0.5, 0.6) is 0 Å². The van der Waals surface area contributed by atoms with Crippen LogP contribution in [0.25, 0.3) is 5.57 Å². The molecule has 3 aromatic rings. The molecule has 4 rings (SSSR count). The molecule has 0 spiro atoms. The van der Waals surface area contributed by atoms with Gasteiger partial charge in [0, 0.05) is 23.4 Å². The first-order valence-corrected chi connectivity index (χ1v) is 11.6. The number of aliphatic imine (C=N–C) groups is 1. The predicted octanol–water partition coefficient (Wildman–Crippen LogP) is 4.02. The molecule has 2 heterocycles. The van der Waals surface area contributed by atoms with Crippen molar-refractivity contribution >= 4 is 28.8 Å². The minimum atomic E-state index is -1.20. The van der Waals surface area contributed by atoms with Crippen molar-refractivity contribution in [2.24, 2.45) is 4.99 Å². The number of aromatic nitrogens is 1. The van der Waals surface area contributed by atoms with E-state index < -0.39 is 24.7 Å². The summed E-state index contributed by atoms with van der Waals surface area (Å²) < 4.78 is 13.3. The second-order valence-corrected chi connectivity index (χ2v) is 8.74. The second-order valence-electron chi connectivity index (χ2n) is 8.33. The van der Waals surface area contributed by atoms with E-state index in [0.29, 0.717) is 28.5 Å². The average molecular weight is 494 g/mol. The zero-order chi connectivity index (χ0) is 24.9. The van der Waals surface area contributed by atoms with Crippen LogP contribution in [-0.4, -0.2) is 52.1 Å². The number of carbonyl (C=O) groups is 1. The van der Waals surface area contributed by atoms with Gasteiger partial charge in [0.2, 0.25) is 0 Å². The molecular formula is C27H25ClFN3O3. The van der Waals surface area contributed by atoms with E-state index in [-0.39, 0.29) is 17.3 Å². The van der Waals surface area contributed by atoms with E-state index in [1.165, 1.54) is 12.1 Å². The van der Waals surface area contributed by atoms with Crippen LogP contribution in [-0.2, 0) is 0 Å². The number of aliphatic hydroxyl groups is 2. The Morgan fingerprint density at radius 3 is 2.60 bits per heavy atom. The molecule has 0 saturated carbocycles. The number of nitrogens with zero attached hydrogens (tertiary/aromatic N) is 2. The normalized spacial score (nSPS) is 15.7. The number of amides is 1. The average Bonchev–Trinajstić information content (AvgIpc) is 3.36. The number of rotatable bonds is 8. The molecule has 1 amide bonds. The maximum Gasteiger partial charge on any atom is 0.252 e.